The maximum absolute atomic E-state index is 14.0. The molecule has 1 fully saturated rings. The Balaban J connectivity index is 1.35. The summed E-state index contributed by atoms with van der Waals surface area (Å²) < 4.78 is 0. The zero-order valence-electron chi connectivity index (χ0n) is 23.6. The summed E-state index contributed by atoms with van der Waals surface area (Å²) in [6, 6.07) is 21.1. The molecular formula is C33H35ClN4O4. The van der Waals surface area contributed by atoms with Gasteiger partial charge in [-0.05, 0) is 67.7 Å². The first-order valence-corrected chi connectivity index (χ1v) is 14.7. The third-order valence-corrected chi connectivity index (χ3v) is 8.63. The fraction of sp³-hybridized carbons (Fsp3) is 0.333. The minimum atomic E-state index is -1.15. The van der Waals surface area contributed by atoms with Gasteiger partial charge in [-0.3, -0.25) is 19.2 Å². The molecule has 9 heteroatoms. The van der Waals surface area contributed by atoms with E-state index in [-0.39, 0.29) is 42.9 Å². The number of halogens is 1. The van der Waals surface area contributed by atoms with Crippen molar-refractivity contribution in [1.82, 2.24) is 15.5 Å². The molecular weight excluding hydrogens is 552 g/mol. The van der Waals surface area contributed by atoms with Crippen LogP contribution in [0, 0.1) is 6.92 Å². The second kappa shape index (κ2) is 12.9. The first kappa shape index (κ1) is 29.5. The summed E-state index contributed by atoms with van der Waals surface area (Å²) >= 11 is 6.17. The molecule has 42 heavy (non-hydrogen) atoms. The van der Waals surface area contributed by atoms with Crippen molar-refractivity contribution in [3.8, 4) is 0 Å². The molecule has 1 unspecified atom stereocenters. The van der Waals surface area contributed by atoms with Gasteiger partial charge in [-0.1, -0.05) is 66.2 Å². The average molecular weight is 587 g/mol. The van der Waals surface area contributed by atoms with Crippen molar-refractivity contribution in [2.45, 2.75) is 57.2 Å². The molecule has 0 spiro atoms. The molecule has 0 bridgehead atoms. The van der Waals surface area contributed by atoms with Gasteiger partial charge in [0.1, 0.15) is 11.6 Å². The summed E-state index contributed by atoms with van der Waals surface area (Å²) in [7, 11) is 0. The number of piperidine rings is 1. The molecule has 3 N–H and O–H groups in total. The Labute approximate surface area is 250 Å². The number of hydrogen-bond acceptors (Lipinski definition) is 5. The Morgan fingerprint density at radius 2 is 1.62 bits per heavy atom. The lowest BCUT2D eigenvalue weighted by molar-refractivity contribution is -0.143. The highest BCUT2D eigenvalue weighted by Crippen LogP contribution is 2.28. The highest BCUT2D eigenvalue weighted by Gasteiger charge is 2.44. The van der Waals surface area contributed by atoms with Crippen LogP contribution in [0.2, 0.25) is 5.02 Å². The van der Waals surface area contributed by atoms with Crippen molar-refractivity contribution in [1.29, 1.82) is 0 Å². The van der Waals surface area contributed by atoms with Crippen molar-refractivity contribution >= 4 is 40.8 Å². The number of nitrogens with zero attached hydrogens (tertiary/aromatic N) is 1. The molecule has 0 saturated carbocycles. The standard InChI is InChI=1S/C33H35ClN4O4/c1-22-19-26(11-12-27(22)34)36-32(42)33(15-17-35-18-16-33)37-31(41)28-20-24-9-5-6-10-25(24)21-38(28)30(40)14-13-29(39)23-7-3-2-4-8-23/h2-12,19,28,35H,13-18,20-21H2,1H3,(H,36,42)(H,37,41). The summed E-state index contributed by atoms with van der Waals surface area (Å²) in [4.78, 5) is 55.6. The summed E-state index contributed by atoms with van der Waals surface area (Å²) in [5, 5.41) is 9.91. The van der Waals surface area contributed by atoms with Gasteiger partial charge >= 0.3 is 0 Å². The van der Waals surface area contributed by atoms with Crippen molar-refractivity contribution in [2.75, 3.05) is 18.4 Å². The van der Waals surface area contributed by atoms with E-state index >= 15 is 0 Å². The number of aryl methyl sites for hydroxylation is 1. The molecule has 5 rings (SSSR count). The fourth-order valence-electron chi connectivity index (χ4n) is 5.71. The van der Waals surface area contributed by atoms with E-state index in [1.807, 2.05) is 37.3 Å². The molecule has 8 nitrogen and oxygen atoms in total. The molecule has 3 aromatic rings. The molecule has 0 radical (unpaired) electrons. The van der Waals surface area contributed by atoms with Crippen LogP contribution < -0.4 is 16.0 Å². The monoisotopic (exact) mass is 586 g/mol. The van der Waals surface area contributed by atoms with Crippen LogP contribution >= 0.6 is 11.6 Å². The smallest absolute Gasteiger partial charge is 0.250 e. The summed E-state index contributed by atoms with van der Waals surface area (Å²) in [5.74, 6) is -1.07. The molecule has 2 heterocycles. The predicted octanol–water partition coefficient (Wildman–Crippen LogP) is 4.44. The number of amides is 3. The van der Waals surface area contributed by atoms with E-state index in [9.17, 15) is 19.2 Å². The predicted molar refractivity (Wildman–Crippen MR) is 162 cm³/mol. The molecule has 2 aliphatic heterocycles. The number of anilines is 1. The van der Waals surface area contributed by atoms with Gasteiger partial charge in [0.05, 0.1) is 0 Å². The van der Waals surface area contributed by atoms with Gasteiger partial charge in [0.25, 0.3) is 0 Å². The molecule has 0 aromatic heterocycles. The van der Waals surface area contributed by atoms with Crippen molar-refractivity contribution < 1.29 is 19.2 Å². The second-order valence-corrected chi connectivity index (χ2v) is 11.4. The number of rotatable bonds is 8. The summed E-state index contributed by atoms with van der Waals surface area (Å²) in [5.41, 5.74) is 2.79. The Bertz CT molecular complexity index is 1490. The zero-order chi connectivity index (χ0) is 29.7. The molecule has 1 atom stereocenters. The lowest BCUT2D eigenvalue weighted by Gasteiger charge is -2.41. The zero-order valence-corrected chi connectivity index (χ0v) is 24.4. The lowest BCUT2D eigenvalue weighted by atomic mass is 9.85. The molecule has 2 aliphatic rings. The lowest BCUT2D eigenvalue weighted by Crippen LogP contribution is -2.65. The van der Waals surface area contributed by atoms with Crippen LogP contribution in [0.4, 0.5) is 5.69 Å². The van der Waals surface area contributed by atoms with Gasteiger partial charge in [-0.15, -0.1) is 0 Å². The number of fused-ring (bicyclic) bond motifs is 1. The number of nitrogens with one attached hydrogen (secondary N) is 3. The quantitative estimate of drug-likeness (QED) is 0.338. The third kappa shape index (κ3) is 6.55. The number of hydrogen-bond donors (Lipinski definition) is 3. The van der Waals surface area contributed by atoms with E-state index in [4.69, 9.17) is 11.6 Å². The Kier molecular flexibility index (Phi) is 9.04. The first-order valence-electron chi connectivity index (χ1n) is 14.3. The topological polar surface area (TPSA) is 108 Å². The maximum Gasteiger partial charge on any atom is 0.250 e. The van der Waals surface area contributed by atoms with E-state index < -0.39 is 11.6 Å². The van der Waals surface area contributed by atoms with Gasteiger partial charge in [-0.2, -0.15) is 0 Å². The van der Waals surface area contributed by atoms with E-state index in [1.54, 1.807) is 47.4 Å². The second-order valence-electron chi connectivity index (χ2n) is 11.0. The molecule has 218 valence electrons. The fourth-order valence-corrected chi connectivity index (χ4v) is 5.82. The van der Waals surface area contributed by atoms with Crippen molar-refractivity contribution in [2.24, 2.45) is 0 Å². The van der Waals surface area contributed by atoms with Gasteiger partial charge < -0.3 is 20.9 Å². The number of Topliss-reactive ketones (excluding diaryl/α,β-unsaturated/α-hetero) is 1. The Hall–Kier alpha value is -4.01. The number of ketones is 1. The highest BCUT2D eigenvalue weighted by atomic mass is 35.5. The number of carbonyl (C=O) groups excluding carboxylic acids is 4. The van der Waals surface area contributed by atoms with Crippen LogP contribution in [0.25, 0.3) is 0 Å². The highest BCUT2D eigenvalue weighted by molar-refractivity contribution is 6.31. The molecule has 0 aliphatic carbocycles. The van der Waals surface area contributed by atoms with Crippen LogP contribution in [-0.4, -0.2) is 53.1 Å². The van der Waals surface area contributed by atoms with Crippen molar-refractivity contribution in [3.05, 3.63) is 100 Å². The minimum absolute atomic E-state index is 0.00879. The van der Waals surface area contributed by atoms with Gasteiger partial charge in [-0.25, -0.2) is 0 Å². The molecule has 3 aromatic carbocycles. The molecule has 3 amide bonds. The van der Waals surface area contributed by atoms with Crippen LogP contribution in [0.5, 0.6) is 0 Å². The van der Waals surface area contributed by atoms with E-state index in [1.165, 1.54) is 0 Å². The van der Waals surface area contributed by atoms with E-state index in [0.717, 1.165) is 16.7 Å². The summed E-state index contributed by atoms with van der Waals surface area (Å²) in [6.45, 7) is 3.24. The van der Waals surface area contributed by atoms with Crippen LogP contribution in [0.3, 0.4) is 0 Å². The molecule has 1 saturated heterocycles. The Morgan fingerprint density at radius 3 is 2.33 bits per heavy atom. The van der Waals surface area contributed by atoms with E-state index in [2.05, 4.69) is 16.0 Å². The van der Waals surface area contributed by atoms with Crippen LogP contribution in [0.15, 0.2) is 72.8 Å². The normalized spacial score (nSPS) is 17.6. The Morgan fingerprint density at radius 1 is 0.929 bits per heavy atom. The van der Waals surface area contributed by atoms with Gasteiger partial charge in [0.15, 0.2) is 5.78 Å². The first-order chi connectivity index (χ1) is 20.3. The van der Waals surface area contributed by atoms with Crippen LogP contribution in [0.1, 0.15) is 52.7 Å². The number of benzene rings is 3. The minimum Gasteiger partial charge on any atom is -0.340 e. The number of carbonyl (C=O) groups is 4. The van der Waals surface area contributed by atoms with Gasteiger partial charge in [0.2, 0.25) is 17.7 Å². The van der Waals surface area contributed by atoms with Gasteiger partial charge in [0, 0.05) is 42.1 Å². The third-order valence-electron chi connectivity index (χ3n) is 8.20. The largest absolute Gasteiger partial charge is 0.340 e. The van der Waals surface area contributed by atoms with E-state index in [0.29, 0.717) is 48.6 Å². The summed E-state index contributed by atoms with van der Waals surface area (Å²) in [6.07, 6.45) is 1.17. The van der Waals surface area contributed by atoms with Crippen LogP contribution in [-0.2, 0) is 27.3 Å². The SMILES string of the molecule is Cc1cc(NC(=O)C2(NC(=O)C3Cc4ccccc4CN3C(=O)CCC(=O)c3ccccc3)CCNCC2)ccc1Cl. The average Bonchev–Trinajstić information content (AvgIpc) is 3.01. The maximum atomic E-state index is 14.0. The van der Waals surface area contributed by atoms with Crippen molar-refractivity contribution in [3.63, 3.8) is 0 Å².